The van der Waals surface area contributed by atoms with Crippen molar-refractivity contribution < 1.29 is 19.4 Å². The van der Waals surface area contributed by atoms with E-state index in [1.54, 1.807) is 26.8 Å². The van der Waals surface area contributed by atoms with Gasteiger partial charge in [0.25, 0.3) is 0 Å². The molecule has 0 aliphatic rings. The Hall–Kier alpha value is -1.33. The maximum atomic E-state index is 14.2. The molecule has 0 radical (unpaired) electrons. The average Bonchev–Trinajstić information content (AvgIpc) is 2.30. The summed E-state index contributed by atoms with van der Waals surface area (Å²) < 4.78 is 14.2. The van der Waals surface area contributed by atoms with Crippen molar-refractivity contribution in [1.82, 2.24) is 4.90 Å². The number of hydrogen-bond donors (Lipinski definition) is 2. The third kappa shape index (κ3) is 3.61. The molecule has 1 aromatic carbocycles. The van der Waals surface area contributed by atoms with Crippen molar-refractivity contribution >= 4 is 17.7 Å². The van der Waals surface area contributed by atoms with Crippen LogP contribution in [0.2, 0.25) is 5.02 Å². The summed E-state index contributed by atoms with van der Waals surface area (Å²) >= 11 is 5.75. The second-order valence-corrected chi connectivity index (χ2v) is 5.90. The van der Waals surface area contributed by atoms with Crippen LogP contribution in [-0.2, 0) is 0 Å². The predicted octanol–water partition coefficient (Wildman–Crippen LogP) is 3.68. The van der Waals surface area contributed by atoms with E-state index in [4.69, 9.17) is 11.6 Å². The molecule has 1 aromatic rings. The fraction of sp³-hybridized carbons (Fsp3) is 0.500. The number of aliphatic hydroxyl groups is 1. The first-order chi connectivity index (χ1) is 9.20. The van der Waals surface area contributed by atoms with E-state index in [-0.39, 0.29) is 23.6 Å². The number of carboxylic acid groups (broad SMARTS) is 1. The first-order valence-corrected chi connectivity index (χ1v) is 6.65. The summed E-state index contributed by atoms with van der Waals surface area (Å²) in [5.74, 6) is -0.650. The lowest BCUT2D eigenvalue weighted by molar-refractivity contribution is 0.0590. The molecule has 0 aliphatic heterocycles. The molecule has 1 atom stereocenters. The number of amides is 1. The van der Waals surface area contributed by atoms with Gasteiger partial charge in [0.2, 0.25) is 0 Å². The highest BCUT2D eigenvalue weighted by atomic mass is 35.5. The summed E-state index contributed by atoms with van der Waals surface area (Å²) in [6.07, 6.45) is -1.07. The van der Waals surface area contributed by atoms with Crippen LogP contribution in [0.3, 0.4) is 0 Å². The van der Waals surface area contributed by atoms with Gasteiger partial charge in [-0.25, -0.2) is 9.18 Å². The van der Waals surface area contributed by atoms with Crippen LogP contribution < -0.4 is 0 Å². The van der Waals surface area contributed by atoms with Crippen molar-refractivity contribution in [2.24, 2.45) is 0 Å². The molecular weight excluding hydrogens is 285 g/mol. The van der Waals surface area contributed by atoms with E-state index in [0.29, 0.717) is 0 Å². The van der Waals surface area contributed by atoms with Crippen LogP contribution in [0, 0.1) is 5.82 Å². The molecule has 0 aliphatic carbocycles. The summed E-state index contributed by atoms with van der Waals surface area (Å²) in [5, 5.41) is 18.5. The van der Waals surface area contributed by atoms with E-state index < -0.39 is 23.5 Å². The normalized spacial score (nSPS) is 13.1. The van der Waals surface area contributed by atoms with E-state index in [1.165, 1.54) is 12.1 Å². The summed E-state index contributed by atoms with van der Waals surface area (Å²) in [7, 11) is 0. The van der Waals surface area contributed by atoms with Gasteiger partial charge in [-0.2, -0.15) is 0 Å². The van der Waals surface area contributed by atoms with Gasteiger partial charge in [-0.3, -0.25) is 4.90 Å². The fourth-order valence-corrected chi connectivity index (χ4v) is 2.39. The second-order valence-electron chi connectivity index (χ2n) is 5.49. The first kappa shape index (κ1) is 16.7. The molecule has 1 amide bonds. The van der Waals surface area contributed by atoms with Gasteiger partial charge in [-0.15, -0.1) is 0 Å². The minimum absolute atomic E-state index is 0.0651. The van der Waals surface area contributed by atoms with Crippen LogP contribution >= 0.6 is 11.6 Å². The van der Waals surface area contributed by atoms with E-state index in [1.807, 2.05) is 0 Å². The van der Waals surface area contributed by atoms with Crippen molar-refractivity contribution in [2.45, 2.75) is 38.8 Å². The number of halogens is 2. The molecule has 0 bridgehead atoms. The van der Waals surface area contributed by atoms with Crippen LogP contribution in [0.5, 0.6) is 0 Å². The van der Waals surface area contributed by atoms with E-state index in [2.05, 4.69) is 0 Å². The molecule has 2 N–H and O–H groups in total. The van der Waals surface area contributed by atoms with Gasteiger partial charge >= 0.3 is 6.09 Å². The minimum Gasteiger partial charge on any atom is -0.465 e. The van der Waals surface area contributed by atoms with Crippen molar-refractivity contribution in [3.05, 3.63) is 34.6 Å². The zero-order valence-electron chi connectivity index (χ0n) is 11.7. The Labute approximate surface area is 122 Å². The van der Waals surface area contributed by atoms with Crippen LogP contribution in [0.15, 0.2) is 18.2 Å². The molecule has 0 unspecified atom stereocenters. The number of rotatable bonds is 4. The molecule has 0 heterocycles. The summed E-state index contributed by atoms with van der Waals surface area (Å²) in [5.41, 5.74) is -0.565. The third-order valence-corrected chi connectivity index (χ3v) is 3.28. The van der Waals surface area contributed by atoms with E-state index in [0.717, 1.165) is 4.90 Å². The Morgan fingerprint density at radius 1 is 1.45 bits per heavy atom. The van der Waals surface area contributed by atoms with Crippen LogP contribution in [0.25, 0.3) is 0 Å². The molecule has 20 heavy (non-hydrogen) atoms. The van der Waals surface area contributed by atoms with Crippen molar-refractivity contribution in [2.75, 3.05) is 6.61 Å². The van der Waals surface area contributed by atoms with E-state index >= 15 is 0 Å². The number of aliphatic hydroxyl groups excluding tert-OH is 1. The molecule has 0 fully saturated rings. The Morgan fingerprint density at radius 3 is 2.50 bits per heavy atom. The Kier molecular flexibility index (Phi) is 5.36. The van der Waals surface area contributed by atoms with E-state index in [9.17, 15) is 19.4 Å². The summed E-state index contributed by atoms with van der Waals surface area (Å²) in [4.78, 5) is 12.7. The van der Waals surface area contributed by atoms with Crippen molar-refractivity contribution in [1.29, 1.82) is 0 Å². The highest BCUT2D eigenvalue weighted by molar-refractivity contribution is 6.30. The first-order valence-electron chi connectivity index (χ1n) is 6.27. The molecule has 1 rings (SSSR count). The third-order valence-electron chi connectivity index (χ3n) is 2.98. The van der Waals surface area contributed by atoms with Crippen LogP contribution in [0.1, 0.15) is 38.8 Å². The minimum atomic E-state index is -1.17. The maximum absolute atomic E-state index is 14.2. The van der Waals surface area contributed by atoms with Crippen LogP contribution in [-0.4, -0.2) is 33.4 Å². The monoisotopic (exact) mass is 303 g/mol. The van der Waals surface area contributed by atoms with Gasteiger partial charge in [-0.05, 0) is 33.3 Å². The zero-order chi connectivity index (χ0) is 15.5. The summed E-state index contributed by atoms with van der Waals surface area (Å²) in [6.45, 7) is 4.90. The number of nitrogens with zero attached hydrogens (tertiary/aromatic N) is 1. The van der Waals surface area contributed by atoms with Crippen molar-refractivity contribution in [3.8, 4) is 0 Å². The summed E-state index contributed by atoms with van der Waals surface area (Å²) in [6, 6.07) is 3.66. The lowest BCUT2D eigenvalue weighted by atomic mass is 9.96. The van der Waals surface area contributed by atoms with Gasteiger partial charge in [-0.1, -0.05) is 23.7 Å². The second kappa shape index (κ2) is 6.41. The van der Waals surface area contributed by atoms with Gasteiger partial charge in [0.15, 0.2) is 0 Å². The highest BCUT2D eigenvalue weighted by Crippen LogP contribution is 2.34. The Bertz CT molecular complexity index is 488. The quantitative estimate of drug-likeness (QED) is 0.892. The topological polar surface area (TPSA) is 60.8 Å². The lowest BCUT2D eigenvalue weighted by Gasteiger charge is -2.39. The molecule has 112 valence electrons. The van der Waals surface area contributed by atoms with Gasteiger partial charge in [0.05, 0.1) is 11.1 Å². The molecule has 0 aromatic heterocycles. The Balaban J connectivity index is 3.35. The molecule has 0 saturated carbocycles. The van der Waals surface area contributed by atoms with Gasteiger partial charge in [0, 0.05) is 17.7 Å². The highest BCUT2D eigenvalue weighted by Gasteiger charge is 2.35. The number of carbonyl (C=O) groups is 1. The largest absolute Gasteiger partial charge is 0.465 e. The Morgan fingerprint density at radius 2 is 2.05 bits per heavy atom. The predicted molar refractivity (Wildman–Crippen MR) is 75.5 cm³/mol. The zero-order valence-corrected chi connectivity index (χ0v) is 12.5. The molecule has 6 heteroatoms. The average molecular weight is 304 g/mol. The molecule has 0 spiro atoms. The number of hydrogen-bond acceptors (Lipinski definition) is 2. The standard InChI is InChI=1S/C14H19ClFNO3/c1-14(2,3)17(13(19)20)11(7-8-18)9-5-4-6-10(15)12(9)16/h4-6,11,18H,7-8H2,1-3H3,(H,19,20)/t11-/m1/s1. The van der Waals surface area contributed by atoms with Crippen LogP contribution in [0.4, 0.5) is 9.18 Å². The molecular formula is C14H19ClFNO3. The fourth-order valence-electron chi connectivity index (χ4n) is 2.21. The maximum Gasteiger partial charge on any atom is 0.408 e. The van der Waals surface area contributed by atoms with Gasteiger partial charge in [0.1, 0.15) is 5.82 Å². The SMILES string of the molecule is CC(C)(C)N(C(=O)O)[C@H](CCO)c1cccc(Cl)c1F. The molecule has 4 nitrogen and oxygen atoms in total. The molecule has 0 saturated heterocycles. The number of benzene rings is 1. The lowest BCUT2D eigenvalue weighted by Crippen LogP contribution is -2.47. The smallest absolute Gasteiger partial charge is 0.408 e. The van der Waals surface area contributed by atoms with Gasteiger partial charge < -0.3 is 10.2 Å². The van der Waals surface area contributed by atoms with Crippen molar-refractivity contribution in [3.63, 3.8) is 0 Å².